The topological polar surface area (TPSA) is 58.2 Å². The summed E-state index contributed by atoms with van der Waals surface area (Å²) >= 11 is 0. The van der Waals surface area contributed by atoms with Crippen LogP contribution in [0.5, 0.6) is 0 Å². The van der Waals surface area contributed by atoms with E-state index in [1.807, 2.05) is 13.8 Å². The van der Waals surface area contributed by atoms with Gasteiger partial charge in [0, 0.05) is 12.0 Å². The Balaban J connectivity index is 2.17. The molecule has 92 valence electrons. The Morgan fingerprint density at radius 2 is 1.81 bits per heavy atom. The van der Waals surface area contributed by atoms with Gasteiger partial charge in [0.05, 0.1) is 6.54 Å². The lowest BCUT2D eigenvalue weighted by Crippen LogP contribution is -2.44. The van der Waals surface area contributed by atoms with Crippen molar-refractivity contribution in [1.29, 1.82) is 0 Å². The van der Waals surface area contributed by atoms with E-state index in [0.717, 1.165) is 12.8 Å². The van der Waals surface area contributed by atoms with Crippen LogP contribution in [-0.2, 0) is 4.79 Å². The van der Waals surface area contributed by atoms with E-state index in [9.17, 15) is 9.59 Å². The number of carbonyl (C=O) groups is 2. The molecule has 0 atom stereocenters. The largest absolute Gasteiger partial charge is 0.335 e. The van der Waals surface area contributed by atoms with Crippen LogP contribution < -0.4 is 10.6 Å². The Hall–Kier alpha value is -1.06. The standard InChI is InChI=1S/C12H22N2O2/c1-9(2)11(15)8-13-12(16)14-10-6-4-3-5-7-10/h9-10H,3-8H2,1-2H3,(H2,13,14,16). The molecule has 16 heavy (non-hydrogen) atoms. The zero-order valence-corrected chi connectivity index (χ0v) is 10.2. The summed E-state index contributed by atoms with van der Waals surface area (Å²) in [6.45, 7) is 3.81. The molecule has 4 heteroatoms. The molecule has 0 radical (unpaired) electrons. The monoisotopic (exact) mass is 226 g/mol. The summed E-state index contributed by atoms with van der Waals surface area (Å²) in [6, 6.07) is 0.0869. The maximum atomic E-state index is 11.5. The third kappa shape index (κ3) is 4.64. The Bertz CT molecular complexity index is 245. The first kappa shape index (κ1) is 13.0. The average Bonchev–Trinajstić information content (AvgIpc) is 2.27. The van der Waals surface area contributed by atoms with Crippen LogP contribution in [0.4, 0.5) is 4.79 Å². The summed E-state index contributed by atoms with van der Waals surface area (Å²) in [5.74, 6) is 0.0498. The van der Waals surface area contributed by atoms with Crippen LogP contribution in [-0.4, -0.2) is 24.4 Å². The lowest BCUT2D eigenvalue weighted by Gasteiger charge is -2.22. The quantitative estimate of drug-likeness (QED) is 0.768. The molecule has 0 aromatic heterocycles. The van der Waals surface area contributed by atoms with Crippen LogP contribution in [0, 0.1) is 5.92 Å². The second-order valence-corrected chi connectivity index (χ2v) is 4.78. The molecule has 0 bridgehead atoms. The van der Waals surface area contributed by atoms with E-state index >= 15 is 0 Å². The van der Waals surface area contributed by atoms with Gasteiger partial charge in [-0.2, -0.15) is 0 Å². The van der Waals surface area contributed by atoms with Crippen LogP contribution >= 0.6 is 0 Å². The number of amides is 2. The van der Waals surface area contributed by atoms with E-state index in [0.29, 0.717) is 6.04 Å². The van der Waals surface area contributed by atoms with E-state index in [1.165, 1.54) is 19.3 Å². The van der Waals surface area contributed by atoms with Gasteiger partial charge in [-0.25, -0.2) is 4.79 Å². The molecule has 1 aliphatic rings. The van der Waals surface area contributed by atoms with Crippen molar-refractivity contribution >= 4 is 11.8 Å². The fraction of sp³-hybridized carbons (Fsp3) is 0.833. The highest BCUT2D eigenvalue weighted by Gasteiger charge is 2.16. The third-order valence-corrected chi connectivity index (χ3v) is 3.01. The minimum Gasteiger partial charge on any atom is -0.335 e. The molecule has 0 spiro atoms. The van der Waals surface area contributed by atoms with Gasteiger partial charge in [0.25, 0.3) is 0 Å². The molecular formula is C12H22N2O2. The van der Waals surface area contributed by atoms with Crippen molar-refractivity contribution in [3.8, 4) is 0 Å². The summed E-state index contributed by atoms with van der Waals surface area (Å²) in [5, 5.41) is 5.52. The summed E-state index contributed by atoms with van der Waals surface area (Å²) in [5.41, 5.74) is 0. The normalized spacial score (nSPS) is 17.2. The van der Waals surface area contributed by atoms with E-state index in [2.05, 4.69) is 10.6 Å². The van der Waals surface area contributed by atoms with Gasteiger partial charge in [0.15, 0.2) is 5.78 Å². The molecule has 0 aromatic carbocycles. The Morgan fingerprint density at radius 1 is 1.19 bits per heavy atom. The van der Waals surface area contributed by atoms with E-state index in [1.54, 1.807) is 0 Å². The molecule has 0 unspecified atom stereocenters. The van der Waals surface area contributed by atoms with E-state index in [-0.39, 0.29) is 24.3 Å². The number of urea groups is 1. The van der Waals surface area contributed by atoms with E-state index < -0.39 is 0 Å². The van der Waals surface area contributed by atoms with Gasteiger partial charge < -0.3 is 10.6 Å². The van der Waals surface area contributed by atoms with E-state index in [4.69, 9.17) is 0 Å². The smallest absolute Gasteiger partial charge is 0.315 e. The van der Waals surface area contributed by atoms with Gasteiger partial charge in [-0.1, -0.05) is 33.1 Å². The molecule has 2 amide bonds. The van der Waals surface area contributed by atoms with Gasteiger partial charge in [-0.15, -0.1) is 0 Å². The minimum absolute atomic E-state index is 0.0185. The maximum Gasteiger partial charge on any atom is 0.315 e. The number of carbonyl (C=O) groups excluding carboxylic acids is 2. The summed E-state index contributed by atoms with van der Waals surface area (Å²) in [7, 11) is 0. The first-order chi connectivity index (χ1) is 7.59. The molecule has 1 fully saturated rings. The van der Waals surface area contributed by atoms with Crippen molar-refractivity contribution in [3.05, 3.63) is 0 Å². The first-order valence-corrected chi connectivity index (χ1v) is 6.16. The van der Waals surface area contributed by atoms with Gasteiger partial charge >= 0.3 is 6.03 Å². The highest BCUT2D eigenvalue weighted by Crippen LogP contribution is 2.16. The number of Topliss-reactive ketones (excluding diaryl/α,β-unsaturated/α-hetero) is 1. The highest BCUT2D eigenvalue weighted by atomic mass is 16.2. The van der Waals surface area contributed by atoms with Crippen molar-refractivity contribution in [2.24, 2.45) is 5.92 Å². The van der Waals surface area contributed by atoms with Gasteiger partial charge in [0.1, 0.15) is 0 Å². The number of rotatable bonds is 4. The van der Waals surface area contributed by atoms with Gasteiger partial charge in [0.2, 0.25) is 0 Å². The number of hydrogen-bond acceptors (Lipinski definition) is 2. The van der Waals surface area contributed by atoms with Crippen molar-refractivity contribution < 1.29 is 9.59 Å². The Morgan fingerprint density at radius 3 is 2.38 bits per heavy atom. The van der Waals surface area contributed by atoms with Gasteiger partial charge in [-0.3, -0.25) is 4.79 Å². The second-order valence-electron chi connectivity index (χ2n) is 4.78. The summed E-state index contributed by atoms with van der Waals surface area (Å²) in [6.07, 6.45) is 5.77. The molecule has 0 heterocycles. The van der Waals surface area contributed by atoms with Gasteiger partial charge in [-0.05, 0) is 12.8 Å². The summed E-state index contributed by atoms with van der Waals surface area (Å²) in [4.78, 5) is 22.8. The second kappa shape index (κ2) is 6.51. The number of nitrogens with one attached hydrogen (secondary N) is 2. The zero-order chi connectivity index (χ0) is 12.0. The third-order valence-electron chi connectivity index (χ3n) is 3.01. The van der Waals surface area contributed by atoms with Crippen molar-refractivity contribution in [1.82, 2.24) is 10.6 Å². The fourth-order valence-corrected chi connectivity index (χ4v) is 1.85. The molecule has 1 aliphatic carbocycles. The molecule has 1 rings (SSSR count). The lowest BCUT2D eigenvalue weighted by atomic mass is 9.96. The highest BCUT2D eigenvalue weighted by molar-refractivity contribution is 5.86. The van der Waals surface area contributed by atoms with Crippen LogP contribution in [0.1, 0.15) is 46.0 Å². The first-order valence-electron chi connectivity index (χ1n) is 6.16. The molecule has 1 saturated carbocycles. The molecule has 0 aromatic rings. The molecule has 0 saturated heterocycles. The average molecular weight is 226 g/mol. The predicted molar refractivity (Wildman–Crippen MR) is 63.3 cm³/mol. The van der Waals surface area contributed by atoms with Crippen molar-refractivity contribution in [2.75, 3.05) is 6.54 Å². The fourth-order valence-electron chi connectivity index (χ4n) is 1.85. The number of hydrogen-bond donors (Lipinski definition) is 2. The molecular weight excluding hydrogens is 204 g/mol. The van der Waals surface area contributed by atoms with Crippen LogP contribution in [0.25, 0.3) is 0 Å². The Kier molecular flexibility index (Phi) is 5.29. The SMILES string of the molecule is CC(C)C(=O)CNC(=O)NC1CCCCC1. The molecule has 2 N–H and O–H groups in total. The molecule has 4 nitrogen and oxygen atoms in total. The summed E-state index contributed by atoms with van der Waals surface area (Å²) < 4.78 is 0. The van der Waals surface area contributed by atoms with Crippen LogP contribution in [0.3, 0.4) is 0 Å². The van der Waals surface area contributed by atoms with Crippen LogP contribution in [0.15, 0.2) is 0 Å². The molecule has 0 aliphatic heterocycles. The zero-order valence-electron chi connectivity index (χ0n) is 10.2. The van der Waals surface area contributed by atoms with Crippen molar-refractivity contribution in [2.45, 2.75) is 52.0 Å². The van der Waals surface area contributed by atoms with Crippen LogP contribution in [0.2, 0.25) is 0 Å². The lowest BCUT2D eigenvalue weighted by molar-refractivity contribution is -0.120. The minimum atomic E-state index is -0.208. The predicted octanol–water partition coefficient (Wildman–Crippen LogP) is 1.84. The number of ketones is 1. The van der Waals surface area contributed by atoms with Crippen molar-refractivity contribution in [3.63, 3.8) is 0 Å². The Labute approximate surface area is 97.2 Å². The maximum absolute atomic E-state index is 11.5.